The van der Waals surface area contributed by atoms with E-state index >= 15 is 0 Å². The summed E-state index contributed by atoms with van der Waals surface area (Å²) >= 11 is 0. The van der Waals surface area contributed by atoms with Gasteiger partial charge >= 0.3 is 5.69 Å². The summed E-state index contributed by atoms with van der Waals surface area (Å²) in [6, 6.07) is 9.77. The Morgan fingerprint density at radius 1 is 1.35 bits per heavy atom. The first kappa shape index (κ1) is 22.3. The molecule has 0 spiro atoms. The summed E-state index contributed by atoms with van der Waals surface area (Å²) in [5.41, 5.74) is 12.0. The zero-order valence-corrected chi connectivity index (χ0v) is 18.6. The highest BCUT2D eigenvalue weighted by Crippen LogP contribution is 2.31. The Labute approximate surface area is 181 Å². The third-order valence-corrected chi connectivity index (χ3v) is 5.52. The summed E-state index contributed by atoms with van der Waals surface area (Å²) < 4.78 is 7.32. The highest BCUT2D eigenvalue weighted by Gasteiger charge is 2.35. The van der Waals surface area contributed by atoms with Crippen molar-refractivity contribution in [1.82, 2.24) is 9.55 Å². The molecule has 10 heteroatoms. The monoisotopic (exact) mass is 436 g/mol. The second kappa shape index (κ2) is 9.62. The maximum Gasteiger partial charge on any atom is 0.351 e. The molecule has 0 saturated carbocycles. The Morgan fingerprint density at radius 3 is 2.74 bits per heavy atom. The van der Waals surface area contributed by atoms with Crippen molar-refractivity contribution < 1.29 is 9.53 Å². The van der Waals surface area contributed by atoms with Crippen LogP contribution in [0.2, 0.25) is 19.6 Å². The second-order valence-electron chi connectivity index (χ2n) is 8.22. The third-order valence-electron chi connectivity index (χ3n) is 4.59. The molecule has 1 saturated heterocycles. The molecule has 0 bridgehead atoms. The van der Waals surface area contributed by atoms with E-state index in [1.54, 1.807) is 24.3 Å². The van der Waals surface area contributed by atoms with Gasteiger partial charge in [-0.2, -0.15) is 4.98 Å². The molecule has 3 atom stereocenters. The molecule has 9 nitrogen and oxygen atoms in total. The van der Waals surface area contributed by atoms with Gasteiger partial charge in [0.15, 0.2) is 0 Å². The standard InChI is InChI=1S/C21H24N6O3Si/c1-31(2,3)13-7-10-17-16(25-26-22)14-19(30-17)27-12-11-18(24-21(27)29)23-20(28)15-8-5-4-6-9-15/h4-6,8-9,11-12,16-17,19H,10,14H2,1-3H3,(H,23,24,28,29)/t16-,17+,19+/m0/s1. The predicted molar refractivity (Wildman–Crippen MR) is 120 cm³/mol. The summed E-state index contributed by atoms with van der Waals surface area (Å²) in [6.45, 7) is 6.44. The van der Waals surface area contributed by atoms with Gasteiger partial charge in [0.2, 0.25) is 0 Å². The fourth-order valence-electron chi connectivity index (χ4n) is 3.15. The van der Waals surface area contributed by atoms with E-state index in [-0.39, 0.29) is 11.7 Å². The number of hydrogen-bond donors (Lipinski definition) is 1. The van der Waals surface area contributed by atoms with Crippen LogP contribution >= 0.6 is 0 Å². The van der Waals surface area contributed by atoms with Crippen molar-refractivity contribution in [1.29, 1.82) is 0 Å². The molecule has 1 aromatic heterocycles. The predicted octanol–water partition coefficient (Wildman–Crippen LogP) is 3.73. The van der Waals surface area contributed by atoms with E-state index < -0.39 is 32.1 Å². The van der Waals surface area contributed by atoms with Crippen LogP contribution in [0.5, 0.6) is 0 Å². The zero-order valence-electron chi connectivity index (χ0n) is 17.6. The fraction of sp³-hybridized carbons (Fsp3) is 0.381. The molecule has 1 N–H and O–H groups in total. The van der Waals surface area contributed by atoms with Crippen molar-refractivity contribution in [3.63, 3.8) is 0 Å². The zero-order chi connectivity index (χ0) is 22.4. The number of amides is 1. The molecule has 2 heterocycles. The van der Waals surface area contributed by atoms with Gasteiger partial charge in [-0.25, -0.2) is 4.79 Å². The molecule has 1 aliphatic rings. The number of azide groups is 1. The van der Waals surface area contributed by atoms with Gasteiger partial charge < -0.3 is 10.1 Å². The number of carbonyl (C=O) groups excluding carboxylic acids is 1. The van der Waals surface area contributed by atoms with E-state index in [0.29, 0.717) is 18.4 Å². The average Bonchev–Trinajstić information content (AvgIpc) is 3.10. The molecule has 3 rings (SSSR count). The Hall–Kier alpha value is -3.38. The maximum absolute atomic E-state index is 12.6. The third kappa shape index (κ3) is 6.05. The molecule has 0 radical (unpaired) electrons. The van der Waals surface area contributed by atoms with E-state index in [0.717, 1.165) is 0 Å². The SMILES string of the molecule is C[Si](C)(C)C#CC[C@H]1O[C@@H](n2ccc(NC(=O)c3ccccc3)nc2=O)C[C@@H]1N=[N+]=[N-]. The molecule has 160 valence electrons. The van der Waals surface area contributed by atoms with E-state index in [4.69, 9.17) is 10.3 Å². The van der Waals surface area contributed by atoms with Crippen molar-refractivity contribution in [2.45, 2.75) is 50.9 Å². The average molecular weight is 437 g/mol. The maximum atomic E-state index is 12.6. The van der Waals surface area contributed by atoms with Crippen LogP contribution in [0.15, 0.2) is 52.5 Å². The van der Waals surface area contributed by atoms with Crippen LogP contribution in [0.3, 0.4) is 0 Å². The van der Waals surface area contributed by atoms with E-state index in [1.165, 1.54) is 16.8 Å². The van der Waals surface area contributed by atoms with E-state index in [9.17, 15) is 9.59 Å². The summed E-state index contributed by atoms with van der Waals surface area (Å²) in [6.07, 6.45) is 1.28. The summed E-state index contributed by atoms with van der Waals surface area (Å²) in [7, 11) is -1.52. The van der Waals surface area contributed by atoms with Gasteiger partial charge in [0.05, 0.1) is 12.1 Å². The number of nitrogens with one attached hydrogen (secondary N) is 1. The number of carbonyl (C=O) groups is 1. The summed E-state index contributed by atoms with van der Waals surface area (Å²) in [5.74, 6) is 2.94. The van der Waals surface area contributed by atoms with Gasteiger partial charge in [0, 0.05) is 29.5 Å². The van der Waals surface area contributed by atoms with Crippen molar-refractivity contribution >= 4 is 19.8 Å². The Kier molecular flexibility index (Phi) is 6.92. The normalized spacial score (nSPS) is 20.3. The van der Waals surface area contributed by atoms with Gasteiger partial charge in [0.25, 0.3) is 5.91 Å². The van der Waals surface area contributed by atoms with Crippen LogP contribution in [-0.4, -0.2) is 35.7 Å². The smallest absolute Gasteiger partial charge is 0.351 e. The van der Waals surface area contributed by atoms with Crippen molar-refractivity contribution in [3.8, 4) is 11.5 Å². The minimum Gasteiger partial charge on any atom is -0.353 e. The quantitative estimate of drug-likeness (QED) is 0.252. The molecule has 1 aromatic carbocycles. The first-order valence-electron chi connectivity index (χ1n) is 9.92. The van der Waals surface area contributed by atoms with E-state index in [1.807, 2.05) is 6.07 Å². The lowest BCUT2D eigenvalue weighted by Crippen LogP contribution is -2.28. The van der Waals surface area contributed by atoms with Crippen LogP contribution in [0.4, 0.5) is 5.82 Å². The molecule has 1 aliphatic heterocycles. The fourth-order valence-corrected chi connectivity index (χ4v) is 3.79. The Balaban J connectivity index is 1.73. The number of ether oxygens (including phenoxy) is 1. The van der Waals surface area contributed by atoms with E-state index in [2.05, 4.69) is 51.4 Å². The van der Waals surface area contributed by atoms with Crippen LogP contribution in [0.25, 0.3) is 10.4 Å². The highest BCUT2D eigenvalue weighted by atomic mass is 28.3. The molecular weight excluding hydrogens is 412 g/mol. The lowest BCUT2D eigenvalue weighted by molar-refractivity contribution is -0.00000236. The number of rotatable bonds is 5. The van der Waals surface area contributed by atoms with Crippen LogP contribution in [-0.2, 0) is 4.74 Å². The number of hydrogen-bond acceptors (Lipinski definition) is 5. The van der Waals surface area contributed by atoms with Gasteiger partial charge in [-0.1, -0.05) is 43.0 Å². The molecule has 0 aliphatic carbocycles. The first-order valence-corrected chi connectivity index (χ1v) is 13.4. The molecule has 0 unspecified atom stereocenters. The topological polar surface area (TPSA) is 122 Å². The minimum absolute atomic E-state index is 0.150. The van der Waals surface area contributed by atoms with Crippen LogP contribution in [0, 0.1) is 11.5 Å². The minimum atomic E-state index is -1.52. The summed E-state index contributed by atoms with van der Waals surface area (Å²) in [5, 5.41) is 6.43. The second-order valence-corrected chi connectivity index (χ2v) is 13.0. The van der Waals surface area contributed by atoms with Gasteiger partial charge in [0.1, 0.15) is 20.1 Å². The van der Waals surface area contributed by atoms with Crippen molar-refractivity contribution in [2.24, 2.45) is 5.11 Å². The first-order chi connectivity index (χ1) is 14.8. The van der Waals surface area contributed by atoms with Gasteiger partial charge in [-0.05, 0) is 23.7 Å². The van der Waals surface area contributed by atoms with Crippen molar-refractivity contribution in [3.05, 3.63) is 69.1 Å². The lowest BCUT2D eigenvalue weighted by Gasteiger charge is -2.15. The largest absolute Gasteiger partial charge is 0.353 e. The Bertz CT molecular complexity index is 1110. The number of benzene rings is 1. The summed E-state index contributed by atoms with van der Waals surface area (Å²) in [4.78, 5) is 31.7. The molecular formula is C21H24N6O3Si. The highest BCUT2D eigenvalue weighted by molar-refractivity contribution is 6.83. The number of anilines is 1. The molecule has 1 amide bonds. The van der Waals surface area contributed by atoms with Crippen LogP contribution < -0.4 is 11.0 Å². The number of aromatic nitrogens is 2. The lowest BCUT2D eigenvalue weighted by atomic mass is 10.1. The molecule has 2 aromatic rings. The Morgan fingerprint density at radius 2 is 2.10 bits per heavy atom. The van der Waals surface area contributed by atoms with Crippen LogP contribution in [0.1, 0.15) is 29.4 Å². The number of nitrogens with zero attached hydrogens (tertiary/aromatic N) is 5. The van der Waals surface area contributed by atoms with Crippen molar-refractivity contribution in [2.75, 3.05) is 5.32 Å². The van der Waals surface area contributed by atoms with Gasteiger partial charge in [-0.3, -0.25) is 9.36 Å². The molecule has 1 fully saturated rings. The van der Waals surface area contributed by atoms with Gasteiger partial charge in [-0.15, -0.1) is 11.5 Å². The molecule has 31 heavy (non-hydrogen) atoms.